The van der Waals surface area contributed by atoms with Crippen molar-refractivity contribution in [1.82, 2.24) is 15.1 Å². The number of rotatable bonds is 4. The van der Waals surface area contributed by atoms with E-state index in [-0.39, 0.29) is 13.0 Å². The fourth-order valence-corrected chi connectivity index (χ4v) is 1.45. The van der Waals surface area contributed by atoms with Crippen LogP contribution in [0.15, 0.2) is 22.9 Å². The summed E-state index contributed by atoms with van der Waals surface area (Å²) < 4.78 is 5.04. The number of hydrogen-bond donors (Lipinski definition) is 2. The molecule has 0 aliphatic rings. The van der Waals surface area contributed by atoms with Crippen LogP contribution in [0, 0.1) is 0 Å². The molecule has 2 aromatic heterocycles. The van der Waals surface area contributed by atoms with E-state index in [1.807, 2.05) is 0 Å². The normalized spacial score (nSPS) is 14.4. The quantitative estimate of drug-likeness (QED) is 0.860. The van der Waals surface area contributed by atoms with Crippen LogP contribution in [0.5, 0.6) is 0 Å². The Balaban J connectivity index is 2.18. The molecule has 1 unspecified atom stereocenters. The van der Waals surface area contributed by atoms with E-state index in [9.17, 15) is 5.11 Å². The van der Waals surface area contributed by atoms with Crippen LogP contribution in [0.1, 0.15) is 12.8 Å². The zero-order valence-electron chi connectivity index (χ0n) is 9.80. The van der Waals surface area contributed by atoms with E-state index in [1.54, 1.807) is 19.1 Å². The first-order valence-corrected chi connectivity index (χ1v) is 5.75. The van der Waals surface area contributed by atoms with Crippen LogP contribution >= 0.6 is 11.6 Å². The van der Waals surface area contributed by atoms with Gasteiger partial charge in [0.25, 0.3) is 0 Å². The van der Waals surface area contributed by atoms with Gasteiger partial charge in [0.15, 0.2) is 0 Å². The summed E-state index contributed by atoms with van der Waals surface area (Å²) in [5, 5.41) is 14.1. The lowest BCUT2D eigenvalue weighted by molar-refractivity contribution is 0.0610. The van der Waals surface area contributed by atoms with E-state index in [1.165, 1.54) is 6.20 Å². The Bertz CT molecular complexity index is 524. The van der Waals surface area contributed by atoms with Gasteiger partial charge in [-0.15, -0.1) is 0 Å². The van der Waals surface area contributed by atoms with E-state index in [2.05, 4.69) is 15.1 Å². The summed E-state index contributed by atoms with van der Waals surface area (Å²) in [6.45, 7) is 1.72. The zero-order valence-corrected chi connectivity index (χ0v) is 10.6. The molecule has 0 saturated carbocycles. The lowest BCUT2D eigenvalue weighted by atomic mass is 10.0. The summed E-state index contributed by atoms with van der Waals surface area (Å²) in [7, 11) is 0. The first-order chi connectivity index (χ1) is 8.50. The molecule has 2 rings (SSSR count). The molecular weight excluding hydrogens is 256 g/mol. The molecule has 0 fully saturated rings. The molecule has 7 heteroatoms. The summed E-state index contributed by atoms with van der Waals surface area (Å²) in [6.07, 6.45) is 1.70. The molecule has 0 amide bonds. The highest BCUT2D eigenvalue weighted by Crippen LogP contribution is 2.17. The van der Waals surface area contributed by atoms with Crippen LogP contribution in [0.3, 0.4) is 0 Å². The molecule has 0 bridgehead atoms. The Morgan fingerprint density at radius 3 is 2.89 bits per heavy atom. The Kier molecular flexibility index (Phi) is 3.60. The SMILES string of the molecule is CC(O)(CN)Cc1nc(-c2ccc(Cl)cn2)no1. The molecular formula is C11H13ClN4O2. The molecule has 1 atom stereocenters. The number of aromatic nitrogens is 3. The van der Waals surface area contributed by atoms with E-state index < -0.39 is 5.60 Å². The van der Waals surface area contributed by atoms with Crippen molar-refractivity contribution in [3.8, 4) is 11.5 Å². The first-order valence-electron chi connectivity index (χ1n) is 5.37. The Morgan fingerprint density at radius 2 is 2.28 bits per heavy atom. The molecule has 0 aliphatic heterocycles. The maximum Gasteiger partial charge on any atom is 0.229 e. The van der Waals surface area contributed by atoms with Crippen molar-refractivity contribution >= 4 is 11.6 Å². The van der Waals surface area contributed by atoms with Crippen molar-refractivity contribution < 1.29 is 9.63 Å². The highest BCUT2D eigenvalue weighted by atomic mass is 35.5. The van der Waals surface area contributed by atoms with Crippen LogP contribution in [0.25, 0.3) is 11.5 Å². The van der Waals surface area contributed by atoms with Crippen molar-refractivity contribution in [2.24, 2.45) is 5.73 Å². The second-order valence-electron chi connectivity index (χ2n) is 4.25. The van der Waals surface area contributed by atoms with Gasteiger partial charge in [0.05, 0.1) is 17.0 Å². The largest absolute Gasteiger partial charge is 0.388 e. The minimum Gasteiger partial charge on any atom is -0.388 e. The third kappa shape index (κ3) is 3.04. The monoisotopic (exact) mass is 268 g/mol. The maximum absolute atomic E-state index is 9.81. The fraction of sp³-hybridized carbons (Fsp3) is 0.364. The molecule has 2 heterocycles. The van der Waals surface area contributed by atoms with Crippen molar-refractivity contribution in [3.63, 3.8) is 0 Å². The van der Waals surface area contributed by atoms with Gasteiger partial charge in [-0.05, 0) is 19.1 Å². The highest BCUT2D eigenvalue weighted by molar-refractivity contribution is 6.30. The average molecular weight is 269 g/mol. The average Bonchev–Trinajstić information content (AvgIpc) is 2.78. The van der Waals surface area contributed by atoms with E-state index in [0.29, 0.717) is 22.4 Å². The molecule has 96 valence electrons. The van der Waals surface area contributed by atoms with Crippen LogP contribution < -0.4 is 5.73 Å². The number of hydrogen-bond acceptors (Lipinski definition) is 6. The second kappa shape index (κ2) is 5.01. The van der Waals surface area contributed by atoms with Gasteiger partial charge in [-0.25, -0.2) is 0 Å². The summed E-state index contributed by atoms with van der Waals surface area (Å²) in [5.41, 5.74) is 4.92. The molecule has 0 saturated heterocycles. The molecule has 3 N–H and O–H groups in total. The predicted octanol–water partition coefficient (Wildman–Crippen LogP) is 1.04. The van der Waals surface area contributed by atoms with Crippen LogP contribution in [0.2, 0.25) is 5.02 Å². The van der Waals surface area contributed by atoms with Gasteiger partial charge in [-0.2, -0.15) is 4.98 Å². The van der Waals surface area contributed by atoms with E-state index >= 15 is 0 Å². The molecule has 0 radical (unpaired) electrons. The fourth-order valence-electron chi connectivity index (χ4n) is 1.34. The lowest BCUT2D eigenvalue weighted by Gasteiger charge is -2.17. The van der Waals surface area contributed by atoms with Gasteiger partial charge in [0.2, 0.25) is 11.7 Å². The Hall–Kier alpha value is -1.50. The van der Waals surface area contributed by atoms with Gasteiger partial charge in [-0.3, -0.25) is 4.98 Å². The Morgan fingerprint density at radius 1 is 1.50 bits per heavy atom. The van der Waals surface area contributed by atoms with Crippen molar-refractivity contribution in [2.45, 2.75) is 18.9 Å². The molecule has 0 aliphatic carbocycles. The standard InChI is InChI=1S/C11H13ClN4O2/c1-11(17,6-13)4-9-15-10(16-18-9)8-3-2-7(12)5-14-8/h2-3,5,17H,4,6,13H2,1H3. The molecule has 6 nitrogen and oxygen atoms in total. The van der Waals surface area contributed by atoms with Crippen molar-refractivity contribution in [1.29, 1.82) is 0 Å². The number of pyridine rings is 1. The first kappa shape index (κ1) is 12.9. The highest BCUT2D eigenvalue weighted by Gasteiger charge is 2.23. The molecule has 18 heavy (non-hydrogen) atoms. The number of nitrogens with two attached hydrogens (primary N) is 1. The van der Waals surface area contributed by atoms with Crippen molar-refractivity contribution in [3.05, 3.63) is 29.2 Å². The number of nitrogens with zero attached hydrogens (tertiary/aromatic N) is 3. The molecule has 2 aromatic rings. The molecule has 0 aromatic carbocycles. The summed E-state index contributed by atoms with van der Waals surface area (Å²) in [5.74, 6) is 0.673. The minimum absolute atomic E-state index is 0.115. The topological polar surface area (TPSA) is 98.1 Å². The minimum atomic E-state index is -1.06. The lowest BCUT2D eigenvalue weighted by Crippen LogP contribution is -2.36. The maximum atomic E-state index is 9.81. The smallest absolute Gasteiger partial charge is 0.229 e. The summed E-state index contributed by atoms with van der Waals surface area (Å²) in [4.78, 5) is 8.22. The Labute approximate surface area is 109 Å². The van der Waals surface area contributed by atoms with Gasteiger partial charge in [0.1, 0.15) is 5.69 Å². The number of halogens is 1. The zero-order chi connectivity index (χ0) is 13.2. The van der Waals surface area contributed by atoms with E-state index in [4.69, 9.17) is 21.9 Å². The van der Waals surface area contributed by atoms with Crippen LogP contribution in [-0.2, 0) is 6.42 Å². The van der Waals surface area contributed by atoms with E-state index in [0.717, 1.165) is 0 Å². The van der Waals surface area contributed by atoms with Gasteiger partial charge in [0, 0.05) is 12.7 Å². The second-order valence-corrected chi connectivity index (χ2v) is 4.69. The van der Waals surface area contributed by atoms with Gasteiger partial charge >= 0.3 is 0 Å². The van der Waals surface area contributed by atoms with Crippen LogP contribution in [-0.4, -0.2) is 32.4 Å². The summed E-state index contributed by atoms with van der Waals surface area (Å²) >= 11 is 5.74. The van der Waals surface area contributed by atoms with Gasteiger partial charge < -0.3 is 15.4 Å². The van der Waals surface area contributed by atoms with Crippen molar-refractivity contribution in [2.75, 3.05) is 6.54 Å². The third-order valence-electron chi connectivity index (χ3n) is 2.40. The number of aliphatic hydroxyl groups is 1. The van der Waals surface area contributed by atoms with Crippen LogP contribution in [0.4, 0.5) is 0 Å². The van der Waals surface area contributed by atoms with Gasteiger partial charge in [-0.1, -0.05) is 16.8 Å². The molecule has 0 spiro atoms. The third-order valence-corrected chi connectivity index (χ3v) is 2.62. The predicted molar refractivity (Wildman–Crippen MR) is 65.9 cm³/mol. The summed E-state index contributed by atoms with van der Waals surface area (Å²) in [6, 6.07) is 3.38.